The van der Waals surface area contributed by atoms with Crippen molar-refractivity contribution >= 4 is 11.9 Å². The molecule has 4 heteroatoms. The van der Waals surface area contributed by atoms with Crippen LogP contribution in [0.1, 0.15) is 45.4 Å². The Morgan fingerprint density at radius 3 is 2.29 bits per heavy atom. The summed E-state index contributed by atoms with van der Waals surface area (Å²) in [5, 5.41) is 3.02. The number of amides is 1. The lowest BCUT2D eigenvalue weighted by molar-refractivity contribution is -0.148. The Bertz CT molecular complexity index is 283. The second-order valence-corrected chi connectivity index (χ2v) is 5.18. The predicted octanol–water partition coefficient (Wildman–Crippen LogP) is 1.63. The molecule has 1 N–H and O–H groups in total. The molecule has 0 spiro atoms. The van der Waals surface area contributed by atoms with Crippen LogP contribution in [0.2, 0.25) is 0 Å². The van der Waals surface area contributed by atoms with Crippen LogP contribution in [0.5, 0.6) is 0 Å². The summed E-state index contributed by atoms with van der Waals surface area (Å²) >= 11 is 0. The van der Waals surface area contributed by atoms with E-state index in [0.717, 1.165) is 6.42 Å². The van der Waals surface area contributed by atoms with Crippen LogP contribution in [0.25, 0.3) is 0 Å². The van der Waals surface area contributed by atoms with E-state index in [0.29, 0.717) is 24.3 Å². The maximum absolute atomic E-state index is 11.6. The molecule has 0 aromatic rings. The summed E-state index contributed by atoms with van der Waals surface area (Å²) in [6.45, 7) is 1.80. The Hall–Kier alpha value is -1.06. The van der Waals surface area contributed by atoms with Gasteiger partial charge in [0.05, 0.1) is 0 Å². The fraction of sp³-hybridized carbons (Fsp3) is 0.846. The molecule has 0 radical (unpaired) electrons. The highest BCUT2D eigenvalue weighted by atomic mass is 16.5. The van der Waals surface area contributed by atoms with Gasteiger partial charge in [-0.3, -0.25) is 9.59 Å². The number of hydrogen-bond acceptors (Lipinski definition) is 3. The standard InChI is InChI=1S/C13H21NO3/c1-2-3-12(16)17-8-11(15)14-13(9-4-5-9)10-6-7-10/h9-10,13H,2-8H2,1H3,(H,14,15). The van der Waals surface area contributed by atoms with Crippen LogP contribution < -0.4 is 5.32 Å². The zero-order valence-electron chi connectivity index (χ0n) is 10.4. The molecule has 0 aliphatic heterocycles. The molecule has 1 amide bonds. The molecule has 0 unspecified atom stereocenters. The fourth-order valence-electron chi connectivity index (χ4n) is 2.18. The Labute approximate surface area is 102 Å². The summed E-state index contributed by atoms with van der Waals surface area (Å²) in [4.78, 5) is 22.8. The molecule has 2 saturated carbocycles. The number of hydrogen-bond donors (Lipinski definition) is 1. The quantitative estimate of drug-likeness (QED) is 0.687. The lowest BCUT2D eigenvalue weighted by Gasteiger charge is -2.17. The van der Waals surface area contributed by atoms with E-state index in [2.05, 4.69) is 5.32 Å². The number of rotatable bonds is 7. The third-order valence-electron chi connectivity index (χ3n) is 3.41. The van der Waals surface area contributed by atoms with Crippen LogP contribution in [0, 0.1) is 11.8 Å². The molecular formula is C13H21NO3. The first kappa shape index (κ1) is 12.4. The third kappa shape index (κ3) is 4.02. The number of carbonyl (C=O) groups is 2. The monoisotopic (exact) mass is 239 g/mol. The predicted molar refractivity (Wildman–Crippen MR) is 63.2 cm³/mol. The molecule has 2 fully saturated rings. The van der Waals surface area contributed by atoms with E-state index in [-0.39, 0.29) is 18.5 Å². The summed E-state index contributed by atoms with van der Waals surface area (Å²) in [5.74, 6) is 0.936. The van der Waals surface area contributed by atoms with Crippen LogP contribution in [0.4, 0.5) is 0 Å². The Kier molecular flexibility index (Phi) is 4.02. The van der Waals surface area contributed by atoms with Crippen LogP contribution >= 0.6 is 0 Å². The van der Waals surface area contributed by atoms with Crippen LogP contribution in [-0.4, -0.2) is 24.5 Å². The van der Waals surface area contributed by atoms with Crippen LogP contribution in [-0.2, 0) is 14.3 Å². The van der Waals surface area contributed by atoms with Gasteiger partial charge in [0.2, 0.25) is 0 Å². The molecular weight excluding hydrogens is 218 g/mol. The lowest BCUT2D eigenvalue weighted by atomic mass is 10.1. The molecule has 96 valence electrons. The zero-order valence-corrected chi connectivity index (χ0v) is 10.4. The average Bonchev–Trinajstić information content (AvgIpc) is 3.17. The fourth-order valence-corrected chi connectivity index (χ4v) is 2.18. The van der Waals surface area contributed by atoms with Crippen LogP contribution in [0.3, 0.4) is 0 Å². The minimum atomic E-state index is -0.281. The SMILES string of the molecule is CCCC(=O)OCC(=O)NC(C1CC1)C1CC1. The van der Waals surface area contributed by atoms with Crippen LogP contribution in [0.15, 0.2) is 0 Å². The van der Waals surface area contributed by atoms with Gasteiger partial charge >= 0.3 is 5.97 Å². The van der Waals surface area contributed by atoms with E-state index in [1.165, 1.54) is 25.7 Å². The summed E-state index contributed by atoms with van der Waals surface area (Å²) in [5.41, 5.74) is 0. The minimum Gasteiger partial charge on any atom is -0.456 e. The Morgan fingerprint density at radius 1 is 1.24 bits per heavy atom. The number of esters is 1. The average molecular weight is 239 g/mol. The van der Waals surface area contributed by atoms with Gasteiger partial charge in [-0.25, -0.2) is 0 Å². The van der Waals surface area contributed by atoms with Gasteiger partial charge < -0.3 is 10.1 Å². The maximum Gasteiger partial charge on any atom is 0.306 e. The summed E-state index contributed by atoms with van der Waals surface area (Å²) < 4.78 is 4.89. The Morgan fingerprint density at radius 2 is 1.82 bits per heavy atom. The molecule has 0 heterocycles. The van der Waals surface area contributed by atoms with Gasteiger partial charge in [0.1, 0.15) is 0 Å². The van der Waals surface area contributed by atoms with Gasteiger partial charge in [0.25, 0.3) is 5.91 Å². The number of carbonyl (C=O) groups excluding carboxylic acids is 2. The lowest BCUT2D eigenvalue weighted by Crippen LogP contribution is -2.40. The topological polar surface area (TPSA) is 55.4 Å². The van der Waals surface area contributed by atoms with Crippen molar-refractivity contribution in [1.82, 2.24) is 5.32 Å². The largest absolute Gasteiger partial charge is 0.456 e. The van der Waals surface area contributed by atoms with Gasteiger partial charge in [-0.05, 0) is 43.9 Å². The minimum absolute atomic E-state index is 0.116. The van der Waals surface area contributed by atoms with E-state index in [1.807, 2.05) is 6.92 Å². The smallest absolute Gasteiger partial charge is 0.306 e. The van der Waals surface area contributed by atoms with Crippen molar-refractivity contribution in [3.63, 3.8) is 0 Å². The van der Waals surface area contributed by atoms with E-state index >= 15 is 0 Å². The molecule has 0 aromatic carbocycles. The number of ether oxygens (including phenoxy) is 1. The Balaban J connectivity index is 1.66. The van der Waals surface area contributed by atoms with Gasteiger partial charge in [0.15, 0.2) is 6.61 Å². The molecule has 0 saturated heterocycles. The maximum atomic E-state index is 11.6. The molecule has 0 atom stereocenters. The van der Waals surface area contributed by atoms with E-state index in [4.69, 9.17) is 4.74 Å². The molecule has 17 heavy (non-hydrogen) atoms. The first-order chi connectivity index (χ1) is 8.20. The van der Waals surface area contributed by atoms with Crippen molar-refractivity contribution in [2.75, 3.05) is 6.61 Å². The molecule has 0 bridgehead atoms. The van der Waals surface area contributed by atoms with Gasteiger partial charge in [-0.2, -0.15) is 0 Å². The molecule has 2 aliphatic rings. The molecule has 2 aliphatic carbocycles. The zero-order chi connectivity index (χ0) is 12.3. The van der Waals surface area contributed by atoms with Gasteiger partial charge in [0, 0.05) is 12.5 Å². The van der Waals surface area contributed by atoms with Gasteiger partial charge in [-0.1, -0.05) is 6.92 Å². The first-order valence-electron chi connectivity index (χ1n) is 6.65. The second kappa shape index (κ2) is 5.52. The highest BCUT2D eigenvalue weighted by Gasteiger charge is 2.42. The summed E-state index contributed by atoms with van der Waals surface area (Å²) in [7, 11) is 0. The van der Waals surface area contributed by atoms with Crippen molar-refractivity contribution in [2.45, 2.75) is 51.5 Å². The molecule has 0 aromatic heterocycles. The highest BCUT2D eigenvalue weighted by molar-refractivity contribution is 5.80. The van der Waals surface area contributed by atoms with Crippen molar-refractivity contribution in [1.29, 1.82) is 0 Å². The van der Waals surface area contributed by atoms with E-state index in [1.54, 1.807) is 0 Å². The van der Waals surface area contributed by atoms with Crippen molar-refractivity contribution in [3.8, 4) is 0 Å². The highest BCUT2D eigenvalue weighted by Crippen LogP contribution is 2.44. The van der Waals surface area contributed by atoms with E-state index in [9.17, 15) is 9.59 Å². The van der Waals surface area contributed by atoms with Crippen molar-refractivity contribution < 1.29 is 14.3 Å². The normalized spacial score (nSPS) is 19.2. The third-order valence-corrected chi connectivity index (χ3v) is 3.41. The van der Waals surface area contributed by atoms with Crippen molar-refractivity contribution in [2.24, 2.45) is 11.8 Å². The molecule has 4 nitrogen and oxygen atoms in total. The van der Waals surface area contributed by atoms with E-state index < -0.39 is 0 Å². The molecule has 2 rings (SSSR count). The van der Waals surface area contributed by atoms with Crippen molar-refractivity contribution in [3.05, 3.63) is 0 Å². The first-order valence-corrected chi connectivity index (χ1v) is 6.65. The summed E-state index contributed by atoms with van der Waals surface area (Å²) in [6, 6.07) is 0.340. The summed E-state index contributed by atoms with van der Waals surface area (Å²) in [6.07, 6.45) is 6.08. The van der Waals surface area contributed by atoms with Gasteiger partial charge in [-0.15, -0.1) is 0 Å². The number of nitrogens with one attached hydrogen (secondary N) is 1. The second-order valence-electron chi connectivity index (χ2n) is 5.18.